The molecule has 0 saturated heterocycles. The van der Waals surface area contributed by atoms with E-state index in [9.17, 15) is 4.79 Å². The fraction of sp³-hybridized carbons (Fsp3) is 0.364. The molecule has 3 nitrogen and oxygen atoms in total. The number of hydrogen-bond acceptors (Lipinski definition) is 3. The van der Waals surface area contributed by atoms with Crippen LogP contribution in [-0.2, 0) is 6.42 Å². The van der Waals surface area contributed by atoms with Crippen molar-refractivity contribution in [3.8, 4) is 5.75 Å². The Morgan fingerprint density at radius 3 is 2.86 bits per heavy atom. The number of anilines is 1. The van der Waals surface area contributed by atoms with Crippen molar-refractivity contribution in [2.45, 2.75) is 6.42 Å². The van der Waals surface area contributed by atoms with Crippen LogP contribution in [0, 0.1) is 0 Å². The van der Waals surface area contributed by atoms with E-state index in [4.69, 9.17) is 4.74 Å². The molecule has 0 bridgehead atoms. The highest BCUT2D eigenvalue weighted by atomic mass is 16.5. The molecule has 74 valence electrons. The summed E-state index contributed by atoms with van der Waals surface area (Å²) in [6.07, 6.45) is 1.81. The van der Waals surface area contributed by atoms with Crippen molar-refractivity contribution in [3.05, 3.63) is 23.3 Å². The number of fused-ring (bicyclic) bond motifs is 1. The van der Waals surface area contributed by atoms with E-state index in [1.807, 2.05) is 31.1 Å². The first kappa shape index (κ1) is 9.06. The molecule has 14 heavy (non-hydrogen) atoms. The standard InChI is InChI=1S/C11H13NO2/c1-12(2)10-5-8-3-4-14-11(8)6-9(10)7-13/h5-7H,3-4H2,1-2H3. The molecule has 0 atom stereocenters. The summed E-state index contributed by atoms with van der Waals surface area (Å²) in [5.74, 6) is 0.859. The topological polar surface area (TPSA) is 29.5 Å². The summed E-state index contributed by atoms with van der Waals surface area (Å²) in [7, 11) is 3.87. The highest BCUT2D eigenvalue weighted by molar-refractivity contribution is 5.86. The molecule has 1 heterocycles. The Balaban J connectivity index is 2.54. The van der Waals surface area contributed by atoms with Crippen molar-refractivity contribution in [2.24, 2.45) is 0 Å². The average Bonchev–Trinajstić information content (AvgIpc) is 2.62. The number of aldehydes is 1. The molecule has 1 aromatic carbocycles. The summed E-state index contributed by atoms with van der Waals surface area (Å²) in [6.45, 7) is 0.727. The van der Waals surface area contributed by atoms with Crippen LogP contribution < -0.4 is 9.64 Å². The number of benzene rings is 1. The second-order valence-electron chi connectivity index (χ2n) is 3.63. The van der Waals surface area contributed by atoms with E-state index >= 15 is 0 Å². The largest absolute Gasteiger partial charge is 0.493 e. The molecular weight excluding hydrogens is 178 g/mol. The zero-order chi connectivity index (χ0) is 10.1. The van der Waals surface area contributed by atoms with Crippen LogP contribution in [0.2, 0.25) is 0 Å². The van der Waals surface area contributed by atoms with Crippen molar-refractivity contribution in [1.29, 1.82) is 0 Å². The first-order chi connectivity index (χ1) is 6.72. The van der Waals surface area contributed by atoms with Crippen molar-refractivity contribution in [3.63, 3.8) is 0 Å². The van der Waals surface area contributed by atoms with Crippen molar-refractivity contribution in [2.75, 3.05) is 25.6 Å². The summed E-state index contributed by atoms with van der Waals surface area (Å²) in [5.41, 5.74) is 2.85. The maximum absolute atomic E-state index is 10.8. The van der Waals surface area contributed by atoms with Crippen molar-refractivity contribution >= 4 is 12.0 Å². The molecule has 0 aliphatic carbocycles. The lowest BCUT2D eigenvalue weighted by Gasteiger charge is -2.15. The van der Waals surface area contributed by atoms with Crippen molar-refractivity contribution < 1.29 is 9.53 Å². The van der Waals surface area contributed by atoms with Crippen LogP contribution in [0.15, 0.2) is 12.1 Å². The molecule has 0 saturated carbocycles. The van der Waals surface area contributed by atoms with Crippen LogP contribution in [0.1, 0.15) is 15.9 Å². The summed E-state index contributed by atoms with van der Waals surface area (Å²) in [4.78, 5) is 12.8. The maximum atomic E-state index is 10.8. The lowest BCUT2D eigenvalue weighted by atomic mass is 10.1. The van der Waals surface area contributed by atoms with Gasteiger partial charge in [0.05, 0.1) is 6.61 Å². The molecule has 0 aromatic heterocycles. The van der Waals surface area contributed by atoms with Crippen LogP contribution in [-0.4, -0.2) is 27.0 Å². The van der Waals surface area contributed by atoms with Crippen LogP contribution in [0.5, 0.6) is 5.75 Å². The van der Waals surface area contributed by atoms with Crippen LogP contribution in [0.3, 0.4) is 0 Å². The van der Waals surface area contributed by atoms with E-state index in [1.54, 1.807) is 0 Å². The molecule has 0 fully saturated rings. The van der Waals surface area contributed by atoms with Gasteiger partial charge in [-0.05, 0) is 17.7 Å². The minimum absolute atomic E-state index is 0.690. The Kier molecular flexibility index (Phi) is 2.15. The molecule has 0 unspecified atom stereocenters. The van der Waals surface area contributed by atoms with Crippen LogP contribution in [0.25, 0.3) is 0 Å². The summed E-state index contributed by atoms with van der Waals surface area (Å²) in [6, 6.07) is 3.86. The second kappa shape index (κ2) is 3.33. The molecule has 2 rings (SSSR count). The number of ether oxygens (including phenoxy) is 1. The van der Waals surface area contributed by atoms with Gasteiger partial charge in [-0.25, -0.2) is 0 Å². The third-order valence-corrected chi connectivity index (χ3v) is 2.45. The summed E-state index contributed by atoms with van der Waals surface area (Å²) >= 11 is 0. The summed E-state index contributed by atoms with van der Waals surface area (Å²) in [5, 5.41) is 0. The van der Waals surface area contributed by atoms with E-state index in [2.05, 4.69) is 0 Å². The first-order valence-electron chi connectivity index (χ1n) is 4.64. The van der Waals surface area contributed by atoms with Gasteiger partial charge in [0.2, 0.25) is 0 Å². The fourth-order valence-electron chi connectivity index (χ4n) is 1.71. The zero-order valence-corrected chi connectivity index (χ0v) is 8.41. The Morgan fingerprint density at radius 1 is 1.43 bits per heavy atom. The lowest BCUT2D eigenvalue weighted by Crippen LogP contribution is -2.11. The maximum Gasteiger partial charge on any atom is 0.152 e. The molecular formula is C11H13NO2. The fourth-order valence-corrected chi connectivity index (χ4v) is 1.71. The predicted molar refractivity (Wildman–Crippen MR) is 55.4 cm³/mol. The Bertz CT molecular complexity index is 372. The minimum Gasteiger partial charge on any atom is -0.493 e. The summed E-state index contributed by atoms with van der Waals surface area (Å²) < 4.78 is 5.40. The third kappa shape index (κ3) is 1.35. The SMILES string of the molecule is CN(C)c1cc2c(cc1C=O)OCC2. The number of rotatable bonds is 2. The van der Waals surface area contributed by atoms with Crippen molar-refractivity contribution in [1.82, 2.24) is 0 Å². The van der Waals surface area contributed by atoms with E-state index < -0.39 is 0 Å². The molecule has 0 amide bonds. The van der Waals surface area contributed by atoms with Gasteiger partial charge < -0.3 is 9.64 Å². The molecule has 1 aliphatic heterocycles. The normalized spacial score (nSPS) is 13.3. The van der Waals surface area contributed by atoms with E-state index in [0.29, 0.717) is 5.56 Å². The molecule has 0 spiro atoms. The van der Waals surface area contributed by atoms with Gasteiger partial charge in [0.1, 0.15) is 5.75 Å². The first-order valence-corrected chi connectivity index (χ1v) is 4.64. The molecule has 0 radical (unpaired) electrons. The zero-order valence-electron chi connectivity index (χ0n) is 8.41. The second-order valence-corrected chi connectivity index (χ2v) is 3.63. The lowest BCUT2D eigenvalue weighted by molar-refractivity contribution is 0.112. The highest BCUT2D eigenvalue weighted by Gasteiger charge is 2.16. The Hall–Kier alpha value is -1.51. The number of carbonyl (C=O) groups is 1. The average molecular weight is 191 g/mol. The molecule has 3 heteroatoms. The Morgan fingerprint density at radius 2 is 2.21 bits per heavy atom. The van der Waals surface area contributed by atoms with Gasteiger partial charge in [0.25, 0.3) is 0 Å². The molecule has 1 aliphatic rings. The quantitative estimate of drug-likeness (QED) is 0.663. The van der Waals surface area contributed by atoms with Crippen LogP contribution in [0.4, 0.5) is 5.69 Å². The van der Waals surface area contributed by atoms with E-state index in [1.165, 1.54) is 5.56 Å². The minimum atomic E-state index is 0.690. The van der Waals surface area contributed by atoms with E-state index in [0.717, 1.165) is 30.8 Å². The van der Waals surface area contributed by atoms with Gasteiger partial charge in [-0.3, -0.25) is 4.79 Å². The third-order valence-electron chi connectivity index (χ3n) is 2.45. The van der Waals surface area contributed by atoms with Gasteiger partial charge in [-0.2, -0.15) is 0 Å². The van der Waals surface area contributed by atoms with Gasteiger partial charge in [0, 0.05) is 31.8 Å². The Labute approximate surface area is 83.3 Å². The molecule has 1 aromatic rings. The number of carbonyl (C=O) groups excluding carboxylic acids is 1. The number of nitrogens with zero attached hydrogens (tertiary/aromatic N) is 1. The van der Waals surface area contributed by atoms with E-state index in [-0.39, 0.29) is 0 Å². The smallest absolute Gasteiger partial charge is 0.152 e. The number of hydrogen-bond donors (Lipinski definition) is 0. The van der Waals surface area contributed by atoms with Crippen LogP contribution >= 0.6 is 0 Å². The molecule has 0 N–H and O–H groups in total. The van der Waals surface area contributed by atoms with Gasteiger partial charge in [-0.15, -0.1) is 0 Å². The monoisotopic (exact) mass is 191 g/mol. The highest BCUT2D eigenvalue weighted by Crippen LogP contribution is 2.31. The van der Waals surface area contributed by atoms with Gasteiger partial charge >= 0.3 is 0 Å². The van der Waals surface area contributed by atoms with Gasteiger partial charge in [0.15, 0.2) is 6.29 Å². The predicted octanol–water partition coefficient (Wildman–Crippen LogP) is 1.50. The van der Waals surface area contributed by atoms with Gasteiger partial charge in [-0.1, -0.05) is 0 Å².